The zero-order valence-corrected chi connectivity index (χ0v) is 16.0. The summed E-state index contributed by atoms with van der Waals surface area (Å²) in [5.74, 6) is 0.769. The summed E-state index contributed by atoms with van der Waals surface area (Å²) in [5, 5.41) is 0.272. The Bertz CT molecular complexity index is 990. The third kappa shape index (κ3) is 3.81. The largest absolute Gasteiger partial charge is 0.494 e. The molecule has 0 unspecified atom stereocenters. The van der Waals surface area contributed by atoms with Crippen molar-refractivity contribution in [2.75, 3.05) is 11.8 Å². The minimum absolute atomic E-state index is 0.0614. The van der Waals surface area contributed by atoms with E-state index in [0.717, 1.165) is 5.56 Å². The lowest BCUT2D eigenvalue weighted by atomic mass is 10.2. The van der Waals surface area contributed by atoms with Crippen LogP contribution in [0.2, 0.25) is 5.02 Å². The normalized spacial score (nSPS) is 11.3. The Hall–Kier alpha value is -2.03. The first-order chi connectivity index (χ1) is 11.9. The van der Waals surface area contributed by atoms with Crippen molar-refractivity contribution in [1.82, 2.24) is 4.98 Å². The summed E-state index contributed by atoms with van der Waals surface area (Å²) in [4.78, 5) is 3.79. The van der Waals surface area contributed by atoms with Gasteiger partial charge < -0.3 is 9.15 Å². The maximum atomic E-state index is 12.7. The fourth-order valence-corrected chi connectivity index (χ4v) is 4.65. The fraction of sp³-hybridized carbons (Fsp3) is 0.0625. The highest BCUT2D eigenvalue weighted by atomic mass is 79.9. The smallest absolute Gasteiger partial charge is 0.265 e. The number of hydrogen-bond donors (Lipinski definition) is 1. The van der Waals surface area contributed by atoms with E-state index in [2.05, 4.69) is 25.6 Å². The molecule has 0 aliphatic rings. The maximum Gasteiger partial charge on any atom is 0.265 e. The van der Waals surface area contributed by atoms with Crippen molar-refractivity contribution in [3.63, 3.8) is 0 Å². The Morgan fingerprint density at radius 3 is 2.56 bits per heavy atom. The number of aromatic nitrogens is 1. The average Bonchev–Trinajstić information content (AvgIpc) is 3.09. The number of rotatable bonds is 5. The standard InChI is InChI=1S/C16H12BrClN2O4S/c1-23-16-13(17)6-11(18)7-15(16)25(21,22)20-12-4-2-10(3-5-12)14-8-19-9-24-14/h2-9,20H,1H3. The molecular weight excluding hydrogens is 432 g/mol. The zero-order valence-electron chi connectivity index (χ0n) is 12.9. The number of nitrogens with zero attached hydrogens (tertiary/aromatic N) is 1. The summed E-state index contributed by atoms with van der Waals surface area (Å²) in [6.45, 7) is 0. The summed E-state index contributed by atoms with van der Waals surface area (Å²) in [5.41, 5.74) is 1.17. The van der Waals surface area contributed by atoms with Crippen molar-refractivity contribution >= 4 is 43.2 Å². The van der Waals surface area contributed by atoms with Gasteiger partial charge in [-0.25, -0.2) is 13.4 Å². The topological polar surface area (TPSA) is 81.4 Å². The molecule has 3 rings (SSSR count). The van der Waals surface area contributed by atoms with Gasteiger partial charge in [0, 0.05) is 16.3 Å². The van der Waals surface area contributed by atoms with E-state index in [0.29, 0.717) is 15.9 Å². The van der Waals surface area contributed by atoms with Gasteiger partial charge >= 0.3 is 0 Å². The van der Waals surface area contributed by atoms with E-state index in [9.17, 15) is 8.42 Å². The molecule has 0 atom stereocenters. The van der Waals surface area contributed by atoms with Crippen molar-refractivity contribution in [2.24, 2.45) is 0 Å². The van der Waals surface area contributed by atoms with Crippen LogP contribution in [-0.2, 0) is 10.0 Å². The number of oxazole rings is 1. The first-order valence-electron chi connectivity index (χ1n) is 6.95. The van der Waals surface area contributed by atoms with Crippen LogP contribution >= 0.6 is 27.5 Å². The molecule has 25 heavy (non-hydrogen) atoms. The van der Waals surface area contributed by atoms with Crippen LogP contribution < -0.4 is 9.46 Å². The van der Waals surface area contributed by atoms with E-state index < -0.39 is 10.0 Å². The van der Waals surface area contributed by atoms with Crippen molar-refractivity contribution < 1.29 is 17.6 Å². The molecule has 0 bridgehead atoms. The number of methoxy groups -OCH3 is 1. The van der Waals surface area contributed by atoms with Gasteiger partial charge in [0.2, 0.25) is 0 Å². The molecule has 3 aromatic rings. The number of halogens is 2. The van der Waals surface area contributed by atoms with Gasteiger partial charge in [0.05, 0.1) is 17.8 Å². The molecule has 0 radical (unpaired) electrons. The first kappa shape index (κ1) is 17.8. The van der Waals surface area contributed by atoms with Crippen LogP contribution in [0.3, 0.4) is 0 Å². The Morgan fingerprint density at radius 2 is 1.96 bits per heavy atom. The number of sulfonamides is 1. The van der Waals surface area contributed by atoms with E-state index in [4.69, 9.17) is 20.8 Å². The van der Waals surface area contributed by atoms with Crippen LogP contribution in [0, 0.1) is 0 Å². The SMILES string of the molecule is COc1c(Br)cc(Cl)cc1S(=O)(=O)Nc1ccc(-c2cnco2)cc1. The van der Waals surface area contributed by atoms with Crippen LogP contribution in [-0.4, -0.2) is 20.5 Å². The Labute approximate surface area is 158 Å². The number of hydrogen-bond acceptors (Lipinski definition) is 5. The monoisotopic (exact) mass is 442 g/mol. The summed E-state index contributed by atoms with van der Waals surface area (Å²) in [6, 6.07) is 9.60. The molecule has 1 aromatic heterocycles. The molecule has 1 N–H and O–H groups in total. The predicted molar refractivity (Wildman–Crippen MR) is 98.5 cm³/mol. The lowest BCUT2D eigenvalue weighted by Crippen LogP contribution is -2.14. The molecule has 6 nitrogen and oxygen atoms in total. The van der Waals surface area contributed by atoms with Crippen molar-refractivity contribution in [2.45, 2.75) is 4.90 Å². The quantitative estimate of drug-likeness (QED) is 0.625. The molecule has 0 saturated carbocycles. The molecule has 0 fully saturated rings. The molecule has 9 heteroatoms. The van der Waals surface area contributed by atoms with Gasteiger partial charge in [0.15, 0.2) is 17.9 Å². The van der Waals surface area contributed by atoms with E-state index in [-0.39, 0.29) is 15.7 Å². The van der Waals surface area contributed by atoms with Crippen molar-refractivity contribution in [1.29, 1.82) is 0 Å². The number of nitrogens with one attached hydrogen (secondary N) is 1. The second-order valence-electron chi connectivity index (χ2n) is 4.97. The molecule has 130 valence electrons. The van der Waals surface area contributed by atoms with Gasteiger partial charge in [-0.05, 0) is 52.3 Å². The fourth-order valence-electron chi connectivity index (χ4n) is 2.21. The number of anilines is 1. The Morgan fingerprint density at radius 1 is 1.24 bits per heavy atom. The van der Waals surface area contributed by atoms with Crippen LogP contribution in [0.15, 0.2) is 62.8 Å². The Balaban J connectivity index is 1.92. The van der Waals surface area contributed by atoms with Gasteiger partial charge in [0.1, 0.15) is 4.90 Å². The molecule has 0 saturated heterocycles. The van der Waals surface area contributed by atoms with Gasteiger partial charge in [-0.1, -0.05) is 11.6 Å². The maximum absolute atomic E-state index is 12.7. The molecule has 0 spiro atoms. The summed E-state index contributed by atoms with van der Waals surface area (Å²) in [7, 11) is -2.50. The molecule has 0 amide bonds. The third-order valence-electron chi connectivity index (χ3n) is 3.32. The van der Waals surface area contributed by atoms with Gasteiger partial charge in [-0.2, -0.15) is 0 Å². The highest BCUT2D eigenvalue weighted by Gasteiger charge is 2.22. The average molecular weight is 444 g/mol. The molecule has 0 aliphatic heterocycles. The molecular formula is C16H12BrClN2O4S. The Kier molecular flexibility index (Phi) is 5.03. The van der Waals surface area contributed by atoms with Gasteiger partial charge in [0.25, 0.3) is 10.0 Å². The molecule has 1 heterocycles. The van der Waals surface area contributed by atoms with E-state index in [1.807, 2.05) is 0 Å². The summed E-state index contributed by atoms with van der Waals surface area (Å²) >= 11 is 9.22. The lowest BCUT2D eigenvalue weighted by Gasteiger charge is -2.13. The van der Waals surface area contributed by atoms with Crippen molar-refractivity contribution in [3.8, 4) is 17.1 Å². The summed E-state index contributed by atoms with van der Waals surface area (Å²) in [6.07, 6.45) is 2.91. The van der Waals surface area contributed by atoms with E-state index in [1.165, 1.54) is 19.6 Å². The second-order valence-corrected chi connectivity index (χ2v) is 7.91. The van der Waals surface area contributed by atoms with E-state index in [1.54, 1.807) is 36.5 Å². The molecule has 0 aliphatic carbocycles. The van der Waals surface area contributed by atoms with Crippen LogP contribution in [0.4, 0.5) is 5.69 Å². The number of benzene rings is 2. The molecule has 2 aromatic carbocycles. The highest BCUT2D eigenvalue weighted by Crippen LogP contribution is 2.36. The van der Waals surface area contributed by atoms with E-state index >= 15 is 0 Å². The lowest BCUT2D eigenvalue weighted by molar-refractivity contribution is 0.400. The summed E-state index contributed by atoms with van der Waals surface area (Å²) < 4.78 is 38.7. The van der Waals surface area contributed by atoms with Gasteiger partial charge in [-0.15, -0.1) is 0 Å². The minimum Gasteiger partial charge on any atom is -0.494 e. The highest BCUT2D eigenvalue weighted by molar-refractivity contribution is 9.10. The minimum atomic E-state index is -3.89. The van der Waals surface area contributed by atoms with Crippen LogP contribution in [0.1, 0.15) is 0 Å². The second kappa shape index (κ2) is 7.07. The first-order valence-corrected chi connectivity index (χ1v) is 9.61. The number of ether oxygens (including phenoxy) is 1. The predicted octanol–water partition coefficient (Wildman–Crippen LogP) is 4.57. The van der Waals surface area contributed by atoms with Crippen LogP contribution in [0.5, 0.6) is 5.75 Å². The zero-order chi connectivity index (χ0) is 18.0. The van der Waals surface area contributed by atoms with Gasteiger partial charge in [-0.3, -0.25) is 4.72 Å². The third-order valence-corrected chi connectivity index (χ3v) is 5.52. The van der Waals surface area contributed by atoms with Crippen molar-refractivity contribution in [3.05, 3.63) is 58.5 Å². The van der Waals surface area contributed by atoms with Crippen LogP contribution in [0.25, 0.3) is 11.3 Å².